The standard InChI is InChI=1S/C24H20ClNO3/c25-17-12-13-23(29-15-16-6-2-1-3-7-16)20(14-17)18-8-4-9-19(18)21-10-5-11-22(26-21)24(27)28/h1-3,5-7,10-14H,4,8-9,15H2,(H,27,28). The fourth-order valence-corrected chi connectivity index (χ4v) is 3.82. The SMILES string of the molecule is O=C(O)c1cccc(C2=C(c3cc(Cl)ccc3OCc3ccccc3)CCC2)n1. The van der Waals surface area contributed by atoms with Crippen molar-refractivity contribution < 1.29 is 14.6 Å². The predicted molar refractivity (Wildman–Crippen MR) is 114 cm³/mol. The summed E-state index contributed by atoms with van der Waals surface area (Å²) in [5.74, 6) is -0.260. The Morgan fingerprint density at radius 1 is 1.00 bits per heavy atom. The van der Waals surface area contributed by atoms with Gasteiger partial charge in [-0.2, -0.15) is 0 Å². The summed E-state index contributed by atoms with van der Waals surface area (Å²) >= 11 is 6.30. The molecule has 0 amide bonds. The van der Waals surface area contributed by atoms with E-state index in [1.165, 1.54) is 6.07 Å². The number of benzene rings is 2. The van der Waals surface area contributed by atoms with Crippen molar-refractivity contribution in [1.29, 1.82) is 0 Å². The maximum atomic E-state index is 11.3. The van der Waals surface area contributed by atoms with Gasteiger partial charge in [-0.3, -0.25) is 0 Å². The monoisotopic (exact) mass is 405 g/mol. The number of carboxylic acid groups (broad SMARTS) is 1. The Balaban J connectivity index is 1.72. The van der Waals surface area contributed by atoms with E-state index in [2.05, 4.69) is 4.98 Å². The van der Waals surface area contributed by atoms with Crippen molar-refractivity contribution in [2.45, 2.75) is 25.9 Å². The normalized spacial score (nSPS) is 13.6. The second-order valence-electron chi connectivity index (χ2n) is 6.94. The zero-order chi connectivity index (χ0) is 20.2. The number of halogens is 1. The molecule has 2 aromatic carbocycles. The van der Waals surface area contributed by atoms with Crippen molar-refractivity contribution in [2.75, 3.05) is 0 Å². The van der Waals surface area contributed by atoms with Crippen LogP contribution in [0.2, 0.25) is 5.02 Å². The molecule has 1 aromatic heterocycles. The van der Waals surface area contributed by atoms with Gasteiger partial charge in [0.15, 0.2) is 0 Å². The number of carbonyl (C=O) groups is 1. The zero-order valence-electron chi connectivity index (χ0n) is 15.8. The second kappa shape index (κ2) is 8.50. The van der Waals surface area contributed by atoms with E-state index in [9.17, 15) is 9.90 Å². The van der Waals surface area contributed by atoms with Crippen LogP contribution in [-0.2, 0) is 6.61 Å². The summed E-state index contributed by atoms with van der Waals surface area (Å²) in [6.07, 6.45) is 2.70. The molecular formula is C24H20ClNO3. The largest absolute Gasteiger partial charge is 0.488 e. The van der Waals surface area contributed by atoms with Gasteiger partial charge in [0.2, 0.25) is 0 Å². The molecule has 29 heavy (non-hydrogen) atoms. The molecule has 1 N–H and O–H groups in total. The van der Waals surface area contributed by atoms with Crippen LogP contribution in [0.4, 0.5) is 0 Å². The molecular weight excluding hydrogens is 386 g/mol. The average molecular weight is 406 g/mol. The van der Waals surface area contributed by atoms with E-state index in [1.807, 2.05) is 54.6 Å². The van der Waals surface area contributed by atoms with Gasteiger partial charge in [0.05, 0.1) is 5.69 Å². The molecule has 5 heteroatoms. The number of pyridine rings is 1. The number of aromatic carboxylic acids is 1. The number of carboxylic acids is 1. The van der Waals surface area contributed by atoms with E-state index in [0.717, 1.165) is 47.3 Å². The minimum atomic E-state index is -1.03. The summed E-state index contributed by atoms with van der Waals surface area (Å²) in [6.45, 7) is 0.463. The van der Waals surface area contributed by atoms with E-state index < -0.39 is 5.97 Å². The van der Waals surface area contributed by atoms with Crippen LogP contribution < -0.4 is 4.74 Å². The summed E-state index contributed by atoms with van der Waals surface area (Å²) in [5, 5.41) is 9.91. The van der Waals surface area contributed by atoms with Crippen LogP contribution in [0.25, 0.3) is 11.1 Å². The number of aromatic nitrogens is 1. The first kappa shape index (κ1) is 19.2. The molecule has 3 aromatic rings. The van der Waals surface area contributed by atoms with Gasteiger partial charge in [0.1, 0.15) is 18.1 Å². The quantitative estimate of drug-likeness (QED) is 0.537. The lowest BCUT2D eigenvalue weighted by atomic mass is 9.99. The van der Waals surface area contributed by atoms with E-state index in [4.69, 9.17) is 16.3 Å². The second-order valence-corrected chi connectivity index (χ2v) is 7.38. The van der Waals surface area contributed by atoms with E-state index in [1.54, 1.807) is 6.07 Å². The highest BCUT2D eigenvalue weighted by Gasteiger charge is 2.22. The van der Waals surface area contributed by atoms with Gasteiger partial charge in [0, 0.05) is 10.6 Å². The molecule has 0 fully saturated rings. The van der Waals surface area contributed by atoms with Crippen molar-refractivity contribution in [3.63, 3.8) is 0 Å². The van der Waals surface area contributed by atoms with Gasteiger partial charge in [0.25, 0.3) is 0 Å². The summed E-state index contributed by atoms with van der Waals surface area (Å²) in [5.41, 5.74) is 4.96. The molecule has 0 saturated heterocycles. The molecule has 0 bridgehead atoms. The van der Waals surface area contributed by atoms with Gasteiger partial charge in [-0.05, 0) is 66.3 Å². The van der Waals surface area contributed by atoms with Crippen molar-refractivity contribution in [3.8, 4) is 5.75 Å². The van der Waals surface area contributed by atoms with Crippen LogP contribution in [0.1, 0.15) is 46.6 Å². The molecule has 0 aliphatic heterocycles. The van der Waals surface area contributed by atoms with Crippen molar-refractivity contribution in [1.82, 2.24) is 4.98 Å². The third-order valence-electron chi connectivity index (χ3n) is 5.00. The number of hydrogen-bond donors (Lipinski definition) is 1. The summed E-state index contributed by atoms with van der Waals surface area (Å²) in [7, 11) is 0. The van der Waals surface area contributed by atoms with Gasteiger partial charge in [-0.25, -0.2) is 9.78 Å². The van der Waals surface area contributed by atoms with Crippen LogP contribution in [0.5, 0.6) is 5.75 Å². The van der Waals surface area contributed by atoms with Crippen LogP contribution in [0.3, 0.4) is 0 Å². The van der Waals surface area contributed by atoms with Crippen molar-refractivity contribution in [3.05, 3.63) is 94.3 Å². The van der Waals surface area contributed by atoms with Gasteiger partial charge in [-0.1, -0.05) is 48.0 Å². The Morgan fingerprint density at radius 2 is 1.79 bits per heavy atom. The third-order valence-corrected chi connectivity index (χ3v) is 5.23. The maximum absolute atomic E-state index is 11.3. The average Bonchev–Trinajstić information content (AvgIpc) is 3.23. The Labute approximate surface area is 174 Å². The fraction of sp³-hybridized carbons (Fsp3) is 0.167. The molecule has 146 valence electrons. The molecule has 0 radical (unpaired) electrons. The summed E-state index contributed by atoms with van der Waals surface area (Å²) < 4.78 is 6.13. The number of rotatable bonds is 6. The number of hydrogen-bond acceptors (Lipinski definition) is 3. The maximum Gasteiger partial charge on any atom is 0.354 e. The van der Waals surface area contributed by atoms with E-state index in [-0.39, 0.29) is 5.69 Å². The molecule has 0 saturated carbocycles. The first-order valence-corrected chi connectivity index (χ1v) is 9.89. The molecule has 1 aliphatic rings. The zero-order valence-corrected chi connectivity index (χ0v) is 16.5. The molecule has 0 atom stereocenters. The molecule has 0 spiro atoms. The fourth-order valence-electron chi connectivity index (χ4n) is 3.64. The Bertz CT molecular complexity index is 1080. The topological polar surface area (TPSA) is 59.4 Å². The number of nitrogens with zero attached hydrogens (tertiary/aromatic N) is 1. The van der Waals surface area contributed by atoms with Crippen molar-refractivity contribution >= 4 is 28.7 Å². The Hall–Kier alpha value is -3.11. The van der Waals surface area contributed by atoms with Gasteiger partial charge < -0.3 is 9.84 Å². The molecule has 1 heterocycles. The Kier molecular flexibility index (Phi) is 5.63. The summed E-state index contributed by atoms with van der Waals surface area (Å²) in [6, 6.07) is 20.7. The van der Waals surface area contributed by atoms with Gasteiger partial charge >= 0.3 is 5.97 Å². The van der Waals surface area contributed by atoms with Gasteiger partial charge in [-0.15, -0.1) is 0 Å². The van der Waals surface area contributed by atoms with Crippen LogP contribution in [0.15, 0.2) is 66.7 Å². The van der Waals surface area contributed by atoms with Crippen LogP contribution in [0, 0.1) is 0 Å². The minimum Gasteiger partial charge on any atom is -0.488 e. The Morgan fingerprint density at radius 3 is 2.59 bits per heavy atom. The lowest BCUT2D eigenvalue weighted by molar-refractivity contribution is 0.0690. The summed E-state index contributed by atoms with van der Waals surface area (Å²) in [4.78, 5) is 15.7. The lowest BCUT2D eigenvalue weighted by Crippen LogP contribution is -2.02. The number of ether oxygens (including phenoxy) is 1. The highest BCUT2D eigenvalue weighted by molar-refractivity contribution is 6.30. The molecule has 4 rings (SSSR count). The minimum absolute atomic E-state index is 0.0490. The lowest BCUT2D eigenvalue weighted by Gasteiger charge is -2.15. The van der Waals surface area contributed by atoms with Crippen LogP contribution >= 0.6 is 11.6 Å². The molecule has 1 aliphatic carbocycles. The van der Waals surface area contributed by atoms with E-state index >= 15 is 0 Å². The smallest absolute Gasteiger partial charge is 0.354 e. The predicted octanol–water partition coefficient (Wildman–Crippen LogP) is 6.11. The molecule has 0 unspecified atom stereocenters. The first-order chi connectivity index (χ1) is 14.1. The van der Waals surface area contributed by atoms with Crippen LogP contribution in [-0.4, -0.2) is 16.1 Å². The van der Waals surface area contributed by atoms with Crippen molar-refractivity contribution in [2.24, 2.45) is 0 Å². The first-order valence-electron chi connectivity index (χ1n) is 9.51. The molecule has 4 nitrogen and oxygen atoms in total. The van der Waals surface area contributed by atoms with E-state index in [0.29, 0.717) is 17.3 Å². The highest BCUT2D eigenvalue weighted by atomic mass is 35.5. The highest BCUT2D eigenvalue weighted by Crippen LogP contribution is 2.43. The number of allylic oxidation sites excluding steroid dienone is 2. The third kappa shape index (κ3) is 4.33.